The minimum absolute atomic E-state index is 0.225. The summed E-state index contributed by atoms with van der Waals surface area (Å²) in [6.07, 6.45) is 0. The summed E-state index contributed by atoms with van der Waals surface area (Å²) in [5.41, 5.74) is 1.55. The molecule has 0 aliphatic carbocycles. The molecule has 5 nitrogen and oxygen atoms in total. The number of esters is 1. The van der Waals surface area contributed by atoms with Crippen molar-refractivity contribution in [1.29, 1.82) is 0 Å². The molecule has 29 heavy (non-hydrogen) atoms. The van der Waals surface area contributed by atoms with Crippen molar-refractivity contribution in [2.45, 2.75) is 0 Å². The third-order valence-corrected chi connectivity index (χ3v) is 4.74. The number of ether oxygens (including phenoxy) is 1. The smallest absolute Gasteiger partial charge is 0.338 e. The summed E-state index contributed by atoms with van der Waals surface area (Å²) in [4.78, 5) is 36.7. The third-order valence-electron chi connectivity index (χ3n) is 3.96. The van der Waals surface area contributed by atoms with E-state index in [1.165, 1.54) is 6.07 Å². The number of hydrogen-bond donors (Lipinski definition) is 1. The Kier molecular flexibility index (Phi) is 6.80. The summed E-state index contributed by atoms with van der Waals surface area (Å²) in [7, 11) is 0. The first kappa shape index (κ1) is 20.8. The van der Waals surface area contributed by atoms with E-state index in [0.717, 1.165) is 4.47 Å². The van der Waals surface area contributed by atoms with Crippen molar-refractivity contribution in [3.05, 3.63) is 99.0 Å². The van der Waals surface area contributed by atoms with Gasteiger partial charge in [0, 0.05) is 26.3 Å². The number of carbonyl (C=O) groups is 3. The fourth-order valence-electron chi connectivity index (χ4n) is 2.46. The van der Waals surface area contributed by atoms with Gasteiger partial charge in [-0.2, -0.15) is 0 Å². The van der Waals surface area contributed by atoms with E-state index >= 15 is 0 Å². The van der Waals surface area contributed by atoms with Crippen molar-refractivity contribution in [2.75, 3.05) is 11.9 Å². The Morgan fingerprint density at radius 3 is 2.21 bits per heavy atom. The van der Waals surface area contributed by atoms with Crippen LogP contribution in [0.25, 0.3) is 0 Å². The zero-order chi connectivity index (χ0) is 20.8. The Balaban J connectivity index is 1.61. The van der Waals surface area contributed by atoms with E-state index in [-0.39, 0.29) is 17.3 Å². The first-order valence-corrected chi connectivity index (χ1v) is 9.72. The fourth-order valence-corrected chi connectivity index (χ4v) is 2.85. The summed E-state index contributed by atoms with van der Waals surface area (Å²) in [5, 5.41) is 3.24. The van der Waals surface area contributed by atoms with Gasteiger partial charge in [-0.15, -0.1) is 0 Å². The van der Waals surface area contributed by atoms with E-state index in [4.69, 9.17) is 16.3 Å². The predicted molar refractivity (Wildman–Crippen MR) is 115 cm³/mol. The van der Waals surface area contributed by atoms with E-state index in [0.29, 0.717) is 21.8 Å². The van der Waals surface area contributed by atoms with Gasteiger partial charge in [-0.1, -0.05) is 33.6 Å². The van der Waals surface area contributed by atoms with Gasteiger partial charge in [0.25, 0.3) is 5.91 Å². The van der Waals surface area contributed by atoms with E-state index in [2.05, 4.69) is 21.2 Å². The van der Waals surface area contributed by atoms with Crippen LogP contribution in [0.5, 0.6) is 0 Å². The van der Waals surface area contributed by atoms with Gasteiger partial charge in [0.05, 0.1) is 5.56 Å². The summed E-state index contributed by atoms with van der Waals surface area (Å²) in [6.45, 7) is -0.393. The average Bonchev–Trinajstić information content (AvgIpc) is 2.73. The number of ketones is 1. The van der Waals surface area contributed by atoms with E-state index in [1.807, 2.05) is 0 Å². The lowest BCUT2D eigenvalue weighted by atomic mass is 10.1. The zero-order valence-corrected chi connectivity index (χ0v) is 17.4. The molecular formula is C22H15BrClNO4. The maximum absolute atomic E-state index is 12.3. The highest BCUT2D eigenvalue weighted by atomic mass is 79.9. The van der Waals surface area contributed by atoms with Crippen LogP contribution in [0, 0.1) is 0 Å². The molecule has 146 valence electrons. The normalized spacial score (nSPS) is 10.3. The molecule has 0 radical (unpaired) electrons. The Labute approximate surface area is 180 Å². The van der Waals surface area contributed by atoms with Crippen molar-refractivity contribution in [1.82, 2.24) is 0 Å². The van der Waals surface area contributed by atoms with Gasteiger partial charge in [-0.25, -0.2) is 4.79 Å². The minimum Gasteiger partial charge on any atom is -0.454 e. The van der Waals surface area contributed by atoms with Gasteiger partial charge in [0.1, 0.15) is 0 Å². The molecule has 7 heteroatoms. The summed E-state index contributed by atoms with van der Waals surface area (Å²) in [6, 6.07) is 19.5. The van der Waals surface area contributed by atoms with Crippen LogP contribution >= 0.6 is 27.5 Å². The molecule has 0 bridgehead atoms. The molecule has 0 spiro atoms. The van der Waals surface area contributed by atoms with E-state index < -0.39 is 12.6 Å². The maximum Gasteiger partial charge on any atom is 0.338 e. The quantitative estimate of drug-likeness (QED) is 0.385. The van der Waals surface area contributed by atoms with E-state index in [1.54, 1.807) is 66.7 Å². The van der Waals surface area contributed by atoms with Crippen molar-refractivity contribution < 1.29 is 19.1 Å². The molecule has 1 amide bonds. The van der Waals surface area contributed by atoms with Gasteiger partial charge in [-0.3, -0.25) is 9.59 Å². The van der Waals surface area contributed by atoms with Crippen LogP contribution in [-0.4, -0.2) is 24.3 Å². The van der Waals surface area contributed by atoms with E-state index in [9.17, 15) is 14.4 Å². The van der Waals surface area contributed by atoms with Crippen LogP contribution in [0.4, 0.5) is 5.69 Å². The van der Waals surface area contributed by atoms with Crippen LogP contribution in [0.1, 0.15) is 31.1 Å². The molecule has 1 N–H and O–H groups in total. The minimum atomic E-state index is -0.660. The number of amides is 1. The Bertz CT molecular complexity index is 1050. The number of nitrogens with one attached hydrogen (secondary N) is 1. The molecular weight excluding hydrogens is 458 g/mol. The Hall–Kier alpha value is -2.96. The molecule has 0 aliphatic rings. The van der Waals surface area contributed by atoms with Crippen LogP contribution in [0.15, 0.2) is 77.3 Å². The maximum atomic E-state index is 12.3. The monoisotopic (exact) mass is 471 g/mol. The van der Waals surface area contributed by atoms with Gasteiger partial charge in [-0.05, 0) is 66.7 Å². The van der Waals surface area contributed by atoms with Crippen LogP contribution in [0.2, 0.25) is 5.02 Å². The lowest BCUT2D eigenvalue weighted by Gasteiger charge is -2.08. The number of hydrogen-bond acceptors (Lipinski definition) is 4. The zero-order valence-electron chi connectivity index (χ0n) is 15.0. The summed E-state index contributed by atoms with van der Waals surface area (Å²) < 4.78 is 5.96. The number of rotatable bonds is 6. The topological polar surface area (TPSA) is 72.5 Å². The fraction of sp³-hybridized carbons (Fsp3) is 0.0455. The Morgan fingerprint density at radius 1 is 0.862 bits per heavy atom. The third kappa shape index (κ3) is 5.76. The largest absolute Gasteiger partial charge is 0.454 e. The number of Topliss-reactive ketones (excluding diaryl/α,β-unsaturated/α-hetero) is 1. The van der Waals surface area contributed by atoms with Crippen LogP contribution in [-0.2, 0) is 4.74 Å². The molecule has 3 aromatic rings. The molecule has 0 aromatic heterocycles. The average molecular weight is 473 g/mol. The molecule has 0 unspecified atom stereocenters. The lowest BCUT2D eigenvalue weighted by Crippen LogP contribution is -2.15. The first-order valence-electron chi connectivity index (χ1n) is 8.55. The molecule has 0 saturated carbocycles. The van der Waals surface area contributed by atoms with Gasteiger partial charge < -0.3 is 10.1 Å². The number of anilines is 1. The lowest BCUT2D eigenvalue weighted by molar-refractivity contribution is 0.0474. The van der Waals surface area contributed by atoms with Gasteiger partial charge >= 0.3 is 5.97 Å². The summed E-state index contributed by atoms with van der Waals surface area (Å²) >= 11 is 9.11. The predicted octanol–water partition coefficient (Wildman–Crippen LogP) is 5.39. The molecule has 3 aromatic carbocycles. The molecule has 3 rings (SSSR count). The van der Waals surface area contributed by atoms with Crippen molar-refractivity contribution >= 4 is 50.9 Å². The van der Waals surface area contributed by atoms with Gasteiger partial charge in [0.2, 0.25) is 0 Å². The molecule has 0 aliphatic heterocycles. The van der Waals surface area contributed by atoms with Crippen molar-refractivity contribution in [2.24, 2.45) is 0 Å². The first-order chi connectivity index (χ1) is 13.9. The second-order valence-electron chi connectivity index (χ2n) is 6.05. The van der Waals surface area contributed by atoms with Crippen LogP contribution < -0.4 is 5.32 Å². The second-order valence-corrected chi connectivity index (χ2v) is 7.40. The van der Waals surface area contributed by atoms with Crippen LogP contribution in [0.3, 0.4) is 0 Å². The number of carbonyl (C=O) groups excluding carboxylic acids is 3. The Morgan fingerprint density at radius 2 is 1.52 bits per heavy atom. The second kappa shape index (κ2) is 9.49. The number of halogens is 2. The van der Waals surface area contributed by atoms with Crippen molar-refractivity contribution in [3.63, 3.8) is 0 Å². The highest BCUT2D eigenvalue weighted by molar-refractivity contribution is 9.10. The summed E-state index contributed by atoms with van der Waals surface area (Å²) in [5.74, 6) is -1.30. The van der Waals surface area contributed by atoms with Crippen molar-refractivity contribution in [3.8, 4) is 0 Å². The molecule has 0 saturated heterocycles. The molecule has 0 atom stereocenters. The van der Waals surface area contributed by atoms with Gasteiger partial charge in [0.15, 0.2) is 12.4 Å². The highest BCUT2D eigenvalue weighted by Gasteiger charge is 2.13. The SMILES string of the molecule is O=C(COC(=O)c1cccc(NC(=O)c2ccc(Br)cc2)c1)c1ccc(Cl)cc1. The standard InChI is InChI=1S/C22H15BrClNO4/c23-17-8-4-15(5-9-17)21(27)25-19-3-1-2-16(12-19)22(28)29-13-20(26)14-6-10-18(24)11-7-14/h1-12H,13H2,(H,25,27). The molecule has 0 heterocycles. The highest BCUT2D eigenvalue weighted by Crippen LogP contribution is 2.16. The number of benzene rings is 3. The molecule has 0 fully saturated rings.